The lowest BCUT2D eigenvalue weighted by Crippen LogP contribution is -2.16. The van der Waals surface area contributed by atoms with Gasteiger partial charge in [-0.15, -0.1) is 0 Å². The predicted molar refractivity (Wildman–Crippen MR) is 48.1 cm³/mol. The van der Waals surface area contributed by atoms with E-state index < -0.39 is 40.8 Å². The fourth-order valence-electron chi connectivity index (χ4n) is 1.43. The minimum atomic E-state index is -5.23. The molecule has 1 rings (SSSR count). The summed E-state index contributed by atoms with van der Waals surface area (Å²) in [4.78, 5) is 10.6. The van der Waals surface area contributed by atoms with E-state index in [4.69, 9.17) is 10.4 Å². The number of nitriles is 1. The number of carbonyl (C=O) groups is 1. The first-order valence-electron chi connectivity index (χ1n) is 4.35. The Morgan fingerprint density at radius 1 is 1.33 bits per heavy atom. The number of alkyl halides is 5. The number of halogens is 5. The first-order chi connectivity index (χ1) is 8.20. The highest BCUT2D eigenvalue weighted by Gasteiger charge is 2.40. The third-order valence-electron chi connectivity index (χ3n) is 2.10. The van der Waals surface area contributed by atoms with Crippen LogP contribution in [0.5, 0.6) is 0 Å². The summed E-state index contributed by atoms with van der Waals surface area (Å²) in [6.45, 7) is 0. The quantitative estimate of drug-likeness (QED) is 0.835. The molecule has 0 heterocycles. The van der Waals surface area contributed by atoms with Gasteiger partial charge in [-0.1, -0.05) is 0 Å². The second-order valence-corrected chi connectivity index (χ2v) is 3.16. The molecule has 0 radical (unpaired) electrons. The fraction of sp³-hybridized carbons (Fsp3) is 0.200. The Morgan fingerprint density at radius 3 is 2.22 bits per heavy atom. The minimum Gasteiger partial charge on any atom is -0.478 e. The van der Waals surface area contributed by atoms with E-state index in [2.05, 4.69) is 0 Å². The Labute approximate surface area is 97.1 Å². The number of benzene rings is 1. The number of hydrogen-bond donors (Lipinski definition) is 1. The van der Waals surface area contributed by atoms with Gasteiger partial charge in [-0.2, -0.15) is 18.4 Å². The molecule has 0 atom stereocenters. The lowest BCUT2D eigenvalue weighted by atomic mass is 9.96. The van der Waals surface area contributed by atoms with Crippen molar-refractivity contribution in [2.24, 2.45) is 0 Å². The number of carboxylic acid groups (broad SMARTS) is 1. The summed E-state index contributed by atoms with van der Waals surface area (Å²) >= 11 is 0. The SMILES string of the molecule is N#Cc1ccc(C(=O)O)c(C(F)F)c1C(F)(F)F. The van der Waals surface area contributed by atoms with Crippen molar-refractivity contribution in [2.45, 2.75) is 12.6 Å². The van der Waals surface area contributed by atoms with Gasteiger partial charge in [0.15, 0.2) is 0 Å². The number of carboxylic acids is 1. The molecule has 3 nitrogen and oxygen atoms in total. The minimum absolute atomic E-state index is 0.553. The molecule has 1 aromatic rings. The van der Waals surface area contributed by atoms with Crippen LogP contribution in [0.3, 0.4) is 0 Å². The largest absolute Gasteiger partial charge is 0.478 e. The lowest BCUT2D eigenvalue weighted by Gasteiger charge is -2.15. The van der Waals surface area contributed by atoms with Gasteiger partial charge in [-0.3, -0.25) is 0 Å². The molecule has 0 saturated heterocycles. The van der Waals surface area contributed by atoms with Crippen LogP contribution >= 0.6 is 0 Å². The first-order valence-corrected chi connectivity index (χ1v) is 4.35. The fourth-order valence-corrected chi connectivity index (χ4v) is 1.43. The normalized spacial score (nSPS) is 11.4. The van der Waals surface area contributed by atoms with E-state index in [-0.39, 0.29) is 0 Å². The van der Waals surface area contributed by atoms with E-state index in [0.717, 1.165) is 6.07 Å². The molecule has 0 aliphatic carbocycles. The van der Waals surface area contributed by atoms with Crippen LogP contribution in [0.2, 0.25) is 0 Å². The standard InChI is InChI=1S/C10H4F5NO2/c11-8(12)6-5(9(17)18)2-1-4(3-16)7(6)10(13,14)15/h1-2,8H,(H,17,18). The zero-order valence-corrected chi connectivity index (χ0v) is 8.42. The van der Waals surface area contributed by atoms with Gasteiger partial charge in [0.2, 0.25) is 0 Å². The summed E-state index contributed by atoms with van der Waals surface area (Å²) in [5.74, 6) is -1.92. The Balaban J connectivity index is 3.78. The van der Waals surface area contributed by atoms with Crippen molar-refractivity contribution in [3.05, 3.63) is 34.4 Å². The molecular formula is C10H4F5NO2. The number of hydrogen-bond acceptors (Lipinski definition) is 2. The van der Waals surface area contributed by atoms with Crippen molar-refractivity contribution in [1.29, 1.82) is 5.26 Å². The molecule has 8 heteroatoms. The van der Waals surface area contributed by atoms with Crippen LogP contribution in [0.25, 0.3) is 0 Å². The average Bonchev–Trinajstić information content (AvgIpc) is 2.25. The van der Waals surface area contributed by atoms with Crippen molar-refractivity contribution in [3.8, 4) is 6.07 Å². The van der Waals surface area contributed by atoms with Gasteiger partial charge in [0.25, 0.3) is 6.43 Å². The van der Waals surface area contributed by atoms with Gasteiger partial charge >= 0.3 is 12.1 Å². The second kappa shape index (κ2) is 4.60. The van der Waals surface area contributed by atoms with Gasteiger partial charge < -0.3 is 5.11 Å². The molecule has 0 fully saturated rings. The van der Waals surface area contributed by atoms with E-state index in [0.29, 0.717) is 12.1 Å². The summed E-state index contributed by atoms with van der Waals surface area (Å²) in [6, 6.07) is 2.22. The van der Waals surface area contributed by atoms with E-state index in [9.17, 15) is 26.7 Å². The molecule has 0 saturated carbocycles. The Bertz CT molecular complexity index is 530. The Morgan fingerprint density at radius 2 is 1.89 bits per heavy atom. The lowest BCUT2D eigenvalue weighted by molar-refractivity contribution is -0.139. The van der Waals surface area contributed by atoms with E-state index >= 15 is 0 Å². The molecule has 0 amide bonds. The highest BCUT2D eigenvalue weighted by Crippen LogP contribution is 2.40. The molecular weight excluding hydrogens is 261 g/mol. The van der Waals surface area contributed by atoms with Gasteiger partial charge in [0.05, 0.1) is 22.8 Å². The second-order valence-electron chi connectivity index (χ2n) is 3.16. The van der Waals surface area contributed by atoms with Crippen molar-refractivity contribution in [1.82, 2.24) is 0 Å². The predicted octanol–water partition coefficient (Wildman–Crippen LogP) is 3.21. The van der Waals surface area contributed by atoms with Crippen molar-refractivity contribution < 1.29 is 31.9 Å². The van der Waals surface area contributed by atoms with Crippen LogP contribution in [0, 0.1) is 11.3 Å². The molecule has 0 aromatic heterocycles. The van der Waals surface area contributed by atoms with Crippen LogP contribution in [0.15, 0.2) is 12.1 Å². The number of aromatic carboxylic acids is 1. The highest BCUT2D eigenvalue weighted by molar-refractivity contribution is 5.90. The molecule has 1 N–H and O–H groups in total. The first kappa shape index (κ1) is 13.9. The average molecular weight is 265 g/mol. The zero-order valence-electron chi connectivity index (χ0n) is 8.42. The van der Waals surface area contributed by atoms with Gasteiger partial charge in [-0.05, 0) is 12.1 Å². The third-order valence-corrected chi connectivity index (χ3v) is 2.10. The highest BCUT2D eigenvalue weighted by atomic mass is 19.4. The molecule has 96 valence electrons. The summed E-state index contributed by atoms with van der Waals surface area (Å²) in [7, 11) is 0. The summed E-state index contributed by atoms with van der Waals surface area (Å²) in [5, 5.41) is 17.1. The van der Waals surface area contributed by atoms with E-state index in [1.165, 1.54) is 0 Å². The topological polar surface area (TPSA) is 61.1 Å². The number of nitrogens with zero attached hydrogens (tertiary/aromatic N) is 1. The van der Waals surface area contributed by atoms with Gasteiger partial charge in [-0.25, -0.2) is 13.6 Å². The monoisotopic (exact) mass is 265 g/mol. The molecule has 1 aromatic carbocycles. The van der Waals surface area contributed by atoms with Crippen LogP contribution in [-0.2, 0) is 6.18 Å². The molecule has 0 bridgehead atoms. The van der Waals surface area contributed by atoms with Crippen molar-refractivity contribution in [2.75, 3.05) is 0 Å². The molecule has 0 spiro atoms. The van der Waals surface area contributed by atoms with Crippen LogP contribution < -0.4 is 0 Å². The van der Waals surface area contributed by atoms with Crippen LogP contribution in [0.4, 0.5) is 22.0 Å². The van der Waals surface area contributed by atoms with E-state index in [1.807, 2.05) is 0 Å². The third kappa shape index (κ3) is 2.40. The Kier molecular flexibility index (Phi) is 3.55. The van der Waals surface area contributed by atoms with Crippen molar-refractivity contribution >= 4 is 5.97 Å². The maximum absolute atomic E-state index is 12.6. The Hall–Kier alpha value is -2.17. The molecule has 0 unspecified atom stereocenters. The van der Waals surface area contributed by atoms with Gasteiger partial charge in [0.1, 0.15) is 0 Å². The zero-order chi connectivity index (χ0) is 14.1. The van der Waals surface area contributed by atoms with Crippen LogP contribution in [-0.4, -0.2) is 11.1 Å². The molecule has 18 heavy (non-hydrogen) atoms. The summed E-state index contributed by atoms with van der Waals surface area (Å²) in [5.41, 5.74) is -5.80. The molecule has 0 aliphatic rings. The number of rotatable bonds is 2. The summed E-state index contributed by atoms with van der Waals surface area (Å²) in [6.07, 6.45) is -8.89. The van der Waals surface area contributed by atoms with Crippen LogP contribution in [0.1, 0.15) is 33.5 Å². The van der Waals surface area contributed by atoms with Crippen molar-refractivity contribution in [3.63, 3.8) is 0 Å². The summed E-state index contributed by atoms with van der Waals surface area (Å²) < 4.78 is 63.1. The smallest absolute Gasteiger partial charge is 0.418 e. The van der Waals surface area contributed by atoms with E-state index in [1.54, 1.807) is 0 Å². The molecule has 0 aliphatic heterocycles. The van der Waals surface area contributed by atoms with Gasteiger partial charge in [0, 0.05) is 5.56 Å². The maximum Gasteiger partial charge on any atom is 0.418 e. The maximum atomic E-state index is 12.6.